The molecule has 0 spiro atoms. The van der Waals surface area contributed by atoms with Crippen LogP contribution in [0.3, 0.4) is 0 Å². The first-order chi connectivity index (χ1) is 18.4. The molecule has 2 heterocycles. The highest BCUT2D eigenvalue weighted by Gasteiger charge is 2.19. The summed E-state index contributed by atoms with van der Waals surface area (Å²) in [6, 6.07) is 9.26. The van der Waals surface area contributed by atoms with Gasteiger partial charge < -0.3 is 34.6 Å². The molecule has 202 valence electrons. The predicted molar refractivity (Wildman–Crippen MR) is 148 cm³/mol. The molecular weight excluding hydrogens is 508 g/mol. The van der Waals surface area contributed by atoms with Crippen molar-refractivity contribution in [1.29, 1.82) is 0 Å². The number of likely N-dealkylation sites (N-methyl/N-ethyl adjacent to an activating group) is 1. The Morgan fingerprint density at radius 2 is 1.74 bits per heavy atom. The van der Waals surface area contributed by atoms with Crippen molar-refractivity contribution in [3.8, 4) is 17.2 Å². The molecule has 2 N–H and O–H groups in total. The number of methoxy groups -OCH3 is 2. The number of nitrogens with zero attached hydrogens (tertiary/aromatic N) is 4. The lowest BCUT2D eigenvalue weighted by molar-refractivity contribution is 0.0962. The second-order valence-electron chi connectivity index (χ2n) is 8.69. The van der Waals surface area contributed by atoms with Crippen LogP contribution in [0.15, 0.2) is 42.7 Å². The summed E-state index contributed by atoms with van der Waals surface area (Å²) in [7, 11) is 4.74. The Morgan fingerprint density at radius 1 is 1.03 bits per heavy atom. The molecule has 1 aliphatic heterocycles. The zero-order chi connectivity index (χ0) is 27.1. The minimum Gasteiger partial charge on any atom is -0.495 e. The zero-order valence-corrected chi connectivity index (χ0v) is 22.8. The van der Waals surface area contributed by atoms with Gasteiger partial charge in [-0.15, -0.1) is 0 Å². The van der Waals surface area contributed by atoms with E-state index in [9.17, 15) is 4.79 Å². The van der Waals surface area contributed by atoms with Crippen molar-refractivity contribution < 1.29 is 19.0 Å². The Kier molecular flexibility index (Phi) is 9.09. The van der Waals surface area contributed by atoms with Crippen molar-refractivity contribution in [3.05, 3.63) is 58.9 Å². The Morgan fingerprint density at radius 3 is 2.37 bits per heavy atom. The lowest BCUT2D eigenvalue weighted by atomic mass is 10.1. The van der Waals surface area contributed by atoms with Crippen LogP contribution in [0.25, 0.3) is 0 Å². The van der Waals surface area contributed by atoms with Gasteiger partial charge in [0.1, 0.15) is 18.1 Å². The van der Waals surface area contributed by atoms with Crippen LogP contribution in [0.1, 0.15) is 22.8 Å². The van der Waals surface area contributed by atoms with Gasteiger partial charge in [-0.25, -0.2) is 9.97 Å². The Balaban J connectivity index is 1.40. The summed E-state index contributed by atoms with van der Waals surface area (Å²) in [5.41, 5.74) is 2.92. The van der Waals surface area contributed by atoms with Gasteiger partial charge in [0.2, 0.25) is 5.95 Å². The van der Waals surface area contributed by atoms with Crippen LogP contribution >= 0.6 is 11.6 Å². The summed E-state index contributed by atoms with van der Waals surface area (Å²) in [6.45, 7) is 7.40. The van der Waals surface area contributed by atoms with E-state index in [4.69, 9.17) is 25.8 Å². The van der Waals surface area contributed by atoms with E-state index in [0.717, 1.165) is 49.8 Å². The second kappa shape index (κ2) is 12.7. The number of rotatable bonds is 10. The summed E-state index contributed by atoms with van der Waals surface area (Å²) >= 11 is 6.42. The Hall–Kier alpha value is -3.76. The van der Waals surface area contributed by atoms with E-state index in [1.807, 2.05) is 12.1 Å². The van der Waals surface area contributed by atoms with E-state index >= 15 is 0 Å². The molecule has 0 unspecified atom stereocenters. The molecular formula is C27H33ClN6O4. The second-order valence-corrected chi connectivity index (χ2v) is 9.07. The molecule has 0 bridgehead atoms. The summed E-state index contributed by atoms with van der Waals surface area (Å²) in [4.78, 5) is 25.6. The number of amides is 1. The number of aromatic nitrogens is 2. The number of anilines is 3. The molecule has 4 rings (SSSR count). The smallest absolute Gasteiger partial charge is 0.251 e. The summed E-state index contributed by atoms with van der Waals surface area (Å²) in [5.74, 6) is 1.82. The van der Waals surface area contributed by atoms with Crippen molar-refractivity contribution in [2.24, 2.45) is 0 Å². The number of hydrogen-bond donors (Lipinski definition) is 2. The van der Waals surface area contributed by atoms with Gasteiger partial charge in [-0.1, -0.05) is 18.5 Å². The lowest BCUT2D eigenvalue weighted by Gasteiger charge is -2.36. The van der Waals surface area contributed by atoms with Crippen molar-refractivity contribution in [3.63, 3.8) is 0 Å². The lowest BCUT2D eigenvalue weighted by Crippen LogP contribution is -2.46. The van der Waals surface area contributed by atoms with E-state index in [2.05, 4.69) is 43.4 Å². The zero-order valence-electron chi connectivity index (χ0n) is 22.1. The maximum Gasteiger partial charge on any atom is 0.251 e. The fourth-order valence-corrected chi connectivity index (χ4v) is 4.49. The quantitative estimate of drug-likeness (QED) is 0.395. The van der Waals surface area contributed by atoms with Crippen molar-refractivity contribution in [1.82, 2.24) is 20.2 Å². The summed E-state index contributed by atoms with van der Waals surface area (Å²) in [6.07, 6.45) is 3.14. The fraction of sp³-hybridized carbons (Fsp3) is 0.370. The van der Waals surface area contributed by atoms with E-state index in [-0.39, 0.29) is 12.5 Å². The molecule has 0 atom stereocenters. The van der Waals surface area contributed by atoms with Gasteiger partial charge in [-0.3, -0.25) is 4.79 Å². The van der Waals surface area contributed by atoms with Gasteiger partial charge in [-0.05, 0) is 30.8 Å². The predicted octanol–water partition coefficient (Wildman–Crippen LogP) is 3.97. The van der Waals surface area contributed by atoms with Crippen LogP contribution in [-0.4, -0.2) is 74.8 Å². The molecule has 38 heavy (non-hydrogen) atoms. The molecule has 0 saturated carbocycles. The molecule has 2 aromatic carbocycles. The Labute approximate surface area is 227 Å². The highest BCUT2D eigenvalue weighted by molar-refractivity contribution is 6.33. The van der Waals surface area contributed by atoms with Gasteiger partial charge in [0, 0.05) is 56.1 Å². The molecule has 11 heteroatoms. The SMILES string of the molecule is CCN1CCN(c2ccc(Nc3ncc(OCc4cc(C(=O)NC)cc(OC)c4Cl)cn3)cc2OC)CC1. The minimum absolute atomic E-state index is 0.112. The monoisotopic (exact) mass is 540 g/mol. The molecule has 1 aromatic heterocycles. The average molecular weight is 541 g/mol. The summed E-state index contributed by atoms with van der Waals surface area (Å²) in [5, 5.41) is 6.18. The highest BCUT2D eigenvalue weighted by atomic mass is 35.5. The van der Waals surface area contributed by atoms with Crippen molar-refractivity contribution in [2.45, 2.75) is 13.5 Å². The van der Waals surface area contributed by atoms with Crippen molar-refractivity contribution in [2.75, 3.05) is 64.2 Å². The van der Waals surface area contributed by atoms with E-state index in [1.54, 1.807) is 38.7 Å². The number of ether oxygens (including phenoxy) is 3. The van der Waals surface area contributed by atoms with Gasteiger partial charge in [0.25, 0.3) is 5.91 Å². The third kappa shape index (κ3) is 6.38. The third-order valence-corrected chi connectivity index (χ3v) is 6.87. The van der Waals surface area contributed by atoms with Crippen molar-refractivity contribution >= 4 is 34.8 Å². The summed E-state index contributed by atoms with van der Waals surface area (Å²) < 4.78 is 16.8. The normalized spacial score (nSPS) is 13.7. The largest absolute Gasteiger partial charge is 0.495 e. The number of piperazine rings is 1. The maximum absolute atomic E-state index is 12.1. The van der Waals surface area contributed by atoms with E-state index < -0.39 is 0 Å². The van der Waals surface area contributed by atoms with Crippen LogP contribution in [0.2, 0.25) is 5.02 Å². The van der Waals surface area contributed by atoms with Crippen LogP contribution in [0.5, 0.6) is 17.2 Å². The molecule has 0 radical (unpaired) electrons. The van der Waals surface area contributed by atoms with E-state index in [0.29, 0.717) is 33.6 Å². The van der Waals surface area contributed by atoms with E-state index in [1.165, 1.54) is 7.11 Å². The standard InChI is InChI=1S/C27H33ClN6O4/c1-5-33-8-10-34(11-9-33)22-7-6-20(14-23(22)36-3)32-27-30-15-21(16-31-27)38-17-19-12-18(26(35)29-2)13-24(37-4)25(19)28/h6-7,12-16H,5,8-11,17H2,1-4H3,(H,29,35)(H,30,31,32). The number of hydrogen-bond acceptors (Lipinski definition) is 9. The number of carbonyl (C=O) groups excluding carboxylic acids is 1. The number of nitrogens with one attached hydrogen (secondary N) is 2. The van der Waals surface area contributed by atoms with Crippen LogP contribution in [0, 0.1) is 0 Å². The first kappa shape index (κ1) is 27.3. The fourth-order valence-electron chi connectivity index (χ4n) is 4.25. The van der Waals surface area contributed by atoms with Gasteiger partial charge >= 0.3 is 0 Å². The number of benzene rings is 2. The van der Waals surface area contributed by atoms with Gasteiger partial charge in [-0.2, -0.15) is 0 Å². The molecule has 0 aliphatic carbocycles. The molecule has 1 aliphatic rings. The van der Waals surface area contributed by atoms with Crippen LogP contribution in [0.4, 0.5) is 17.3 Å². The molecule has 3 aromatic rings. The third-order valence-electron chi connectivity index (χ3n) is 6.44. The number of carbonyl (C=O) groups is 1. The van der Waals surface area contributed by atoms with Crippen LogP contribution in [-0.2, 0) is 6.61 Å². The molecule has 10 nitrogen and oxygen atoms in total. The maximum atomic E-state index is 12.1. The van der Waals surface area contributed by atoms with Crippen LogP contribution < -0.4 is 29.7 Å². The topological polar surface area (TPSA) is 101 Å². The average Bonchev–Trinajstić information content (AvgIpc) is 2.97. The minimum atomic E-state index is -0.247. The number of halogens is 1. The molecule has 1 fully saturated rings. The Bertz CT molecular complexity index is 1250. The molecule has 1 saturated heterocycles. The first-order valence-electron chi connectivity index (χ1n) is 12.4. The highest BCUT2D eigenvalue weighted by Crippen LogP contribution is 2.33. The van der Waals surface area contributed by atoms with Gasteiger partial charge in [0.05, 0.1) is 37.3 Å². The first-order valence-corrected chi connectivity index (χ1v) is 12.8. The van der Waals surface area contributed by atoms with Gasteiger partial charge in [0.15, 0.2) is 5.75 Å². The molecule has 1 amide bonds.